The Morgan fingerprint density at radius 3 is 2.50 bits per heavy atom. The molecule has 0 radical (unpaired) electrons. The van der Waals surface area contributed by atoms with Gasteiger partial charge in [0.1, 0.15) is 11.4 Å². The second-order valence-electron chi connectivity index (χ2n) is 9.87. The van der Waals surface area contributed by atoms with Gasteiger partial charge in [-0.1, -0.05) is 30.7 Å². The largest absolute Gasteiger partial charge is 0.444 e. The number of aromatic nitrogens is 1. The van der Waals surface area contributed by atoms with Crippen LogP contribution in [0.3, 0.4) is 0 Å². The average Bonchev–Trinajstić information content (AvgIpc) is 2.75. The molecule has 0 spiro atoms. The van der Waals surface area contributed by atoms with Crippen molar-refractivity contribution in [2.45, 2.75) is 58.6 Å². The Morgan fingerprint density at radius 1 is 1.19 bits per heavy atom. The number of carbonyl (C=O) groups excluding carboxylic acids is 3. The number of amides is 3. The van der Waals surface area contributed by atoms with Crippen LogP contribution in [-0.4, -0.2) is 45.9 Å². The molecule has 3 amide bonds. The summed E-state index contributed by atoms with van der Waals surface area (Å²) in [7, 11) is 0. The highest BCUT2D eigenvalue weighted by Gasteiger charge is 2.48. The molecule has 1 aliphatic heterocycles. The van der Waals surface area contributed by atoms with Crippen LogP contribution in [0.5, 0.6) is 0 Å². The number of ether oxygens (including phenoxy) is 1. The van der Waals surface area contributed by atoms with Crippen LogP contribution in [0.2, 0.25) is 5.02 Å². The molecule has 2 atom stereocenters. The lowest BCUT2D eigenvalue weighted by Gasteiger charge is -2.42. The molecule has 11 heteroatoms. The third kappa shape index (κ3) is 6.69. The van der Waals surface area contributed by atoms with Crippen molar-refractivity contribution in [1.29, 1.82) is 0 Å². The number of hydrogen-bond acceptors (Lipinski definition) is 5. The first-order valence-corrected chi connectivity index (χ1v) is 11.8. The zero-order chi connectivity index (χ0) is 26.8. The Bertz CT molecular complexity index is 1170. The fourth-order valence-corrected chi connectivity index (χ4v) is 4.05. The number of anilines is 2. The quantitative estimate of drug-likeness (QED) is 0.513. The lowest BCUT2D eigenvalue weighted by atomic mass is 9.86. The summed E-state index contributed by atoms with van der Waals surface area (Å²) in [6.45, 7) is 7.88. The Balaban J connectivity index is 1.76. The van der Waals surface area contributed by atoms with Crippen molar-refractivity contribution < 1.29 is 27.9 Å². The van der Waals surface area contributed by atoms with E-state index in [0.29, 0.717) is 16.1 Å². The first kappa shape index (κ1) is 27.3. The standard InChI is InChI=1S/C25H29ClF2N4O4/c1-14-9-18(12-29-20(14)31-23(35)36-24(3,4)5)30-21(33)22(34)32-13-15(2)25(27,28)11-19(32)16-7-6-8-17(26)10-16/h6-10,12,15,19H,11,13H2,1-5H3,(H,30,33)(H,29,31,35)/t15-,19-/m1/s1. The summed E-state index contributed by atoms with van der Waals surface area (Å²) in [6, 6.07) is 6.83. The molecule has 2 N–H and O–H groups in total. The smallest absolute Gasteiger partial charge is 0.413 e. The predicted molar refractivity (Wildman–Crippen MR) is 132 cm³/mol. The van der Waals surface area contributed by atoms with Gasteiger partial charge in [0.2, 0.25) is 0 Å². The molecule has 36 heavy (non-hydrogen) atoms. The lowest BCUT2D eigenvalue weighted by molar-refractivity contribution is -0.159. The number of carbonyl (C=O) groups is 3. The van der Waals surface area contributed by atoms with Crippen molar-refractivity contribution >= 4 is 41.0 Å². The zero-order valence-corrected chi connectivity index (χ0v) is 21.5. The molecule has 0 bridgehead atoms. The van der Waals surface area contributed by atoms with Gasteiger partial charge in [-0.25, -0.2) is 18.6 Å². The van der Waals surface area contributed by atoms with Crippen molar-refractivity contribution in [2.24, 2.45) is 5.92 Å². The first-order valence-electron chi connectivity index (χ1n) is 11.4. The van der Waals surface area contributed by atoms with Crippen LogP contribution in [0.15, 0.2) is 36.5 Å². The summed E-state index contributed by atoms with van der Waals surface area (Å²) < 4.78 is 34.3. The predicted octanol–water partition coefficient (Wildman–Crippen LogP) is 5.57. The molecule has 1 saturated heterocycles. The van der Waals surface area contributed by atoms with Gasteiger partial charge in [-0.3, -0.25) is 14.9 Å². The Hall–Kier alpha value is -3.27. The summed E-state index contributed by atoms with van der Waals surface area (Å²) in [5.74, 6) is -5.86. The normalized spacial score (nSPS) is 19.4. The van der Waals surface area contributed by atoms with Gasteiger partial charge in [0.15, 0.2) is 0 Å². The maximum atomic E-state index is 14.6. The van der Waals surface area contributed by atoms with Crippen LogP contribution in [0, 0.1) is 12.8 Å². The van der Waals surface area contributed by atoms with Crippen LogP contribution in [0.25, 0.3) is 0 Å². The summed E-state index contributed by atoms with van der Waals surface area (Å²) in [5.41, 5.74) is 0.445. The van der Waals surface area contributed by atoms with Gasteiger partial charge in [-0.15, -0.1) is 0 Å². The van der Waals surface area contributed by atoms with E-state index in [4.69, 9.17) is 16.3 Å². The third-order valence-electron chi connectivity index (χ3n) is 5.68. The highest BCUT2D eigenvalue weighted by Crippen LogP contribution is 2.43. The minimum Gasteiger partial charge on any atom is -0.444 e. The number of piperidine rings is 1. The van der Waals surface area contributed by atoms with E-state index in [9.17, 15) is 23.2 Å². The van der Waals surface area contributed by atoms with Gasteiger partial charge in [0.05, 0.1) is 17.9 Å². The van der Waals surface area contributed by atoms with Crippen LogP contribution in [0.1, 0.15) is 51.3 Å². The number of aryl methyl sites for hydroxylation is 1. The maximum Gasteiger partial charge on any atom is 0.413 e. The number of halogens is 3. The molecular weight excluding hydrogens is 494 g/mol. The number of alkyl halides is 2. The van der Waals surface area contributed by atoms with Crippen molar-refractivity contribution in [3.05, 3.63) is 52.7 Å². The van der Waals surface area contributed by atoms with Crippen molar-refractivity contribution in [1.82, 2.24) is 9.88 Å². The molecule has 194 valence electrons. The molecule has 0 saturated carbocycles. The number of hydrogen-bond donors (Lipinski definition) is 2. The number of pyridine rings is 1. The fraction of sp³-hybridized carbons (Fsp3) is 0.440. The summed E-state index contributed by atoms with van der Waals surface area (Å²) >= 11 is 6.04. The van der Waals surface area contributed by atoms with E-state index in [2.05, 4.69) is 15.6 Å². The number of likely N-dealkylation sites (tertiary alicyclic amines) is 1. The van der Waals surface area contributed by atoms with Crippen LogP contribution in [0.4, 0.5) is 25.1 Å². The topological polar surface area (TPSA) is 101 Å². The molecule has 3 rings (SSSR count). The summed E-state index contributed by atoms with van der Waals surface area (Å²) in [4.78, 5) is 43.2. The SMILES string of the molecule is Cc1cc(NC(=O)C(=O)N2C[C@@H](C)C(F)(F)C[C@@H]2c2cccc(Cl)c2)cnc1NC(=O)OC(C)(C)C. The summed E-state index contributed by atoms with van der Waals surface area (Å²) in [5, 5.41) is 5.33. The number of nitrogens with one attached hydrogen (secondary N) is 2. The highest BCUT2D eigenvalue weighted by atomic mass is 35.5. The molecular formula is C25H29ClF2N4O4. The molecule has 8 nitrogen and oxygen atoms in total. The second-order valence-corrected chi connectivity index (χ2v) is 10.3. The van der Waals surface area contributed by atoms with Crippen LogP contribution in [-0.2, 0) is 14.3 Å². The van der Waals surface area contributed by atoms with Crippen LogP contribution >= 0.6 is 11.6 Å². The molecule has 2 aromatic rings. The van der Waals surface area contributed by atoms with Gasteiger partial charge in [-0.05, 0) is 57.0 Å². The van der Waals surface area contributed by atoms with Crippen molar-refractivity contribution in [3.8, 4) is 0 Å². The Labute approximate surface area is 213 Å². The zero-order valence-electron chi connectivity index (χ0n) is 20.7. The molecule has 1 aliphatic rings. The first-order chi connectivity index (χ1) is 16.7. The van der Waals surface area contributed by atoms with E-state index < -0.39 is 47.8 Å². The lowest BCUT2D eigenvalue weighted by Crippen LogP contribution is -2.52. The van der Waals surface area contributed by atoms with E-state index in [1.165, 1.54) is 25.3 Å². The minimum atomic E-state index is -3.02. The third-order valence-corrected chi connectivity index (χ3v) is 5.91. The molecule has 2 heterocycles. The van der Waals surface area contributed by atoms with E-state index in [0.717, 1.165) is 4.90 Å². The monoisotopic (exact) mass is 522 g/mol. The van der Waals surface area contributed by atoms with Gasteiger partial charge < -0.3 is 15.0 Å². The van der Waals surface area contributed by atoms with Crippen molar-refractivity contribution in [2.75, 3.05) is 17.2 Å². The number of nitrogens with zero attached hydrogens (tertiary/aromatic N) is 2. The van der Waals surface area contributed by atoms with Crippen LogP contribution < -0.4 is 10.6 Å². The van der Waals surface area contributed by atoms with Gasteiger partial charge in [-0.2, -0.15) is 0 Å². The molecule has 0 unspecified atom stereocenters. The Kier molecular flexibility index (Phi) is 7.88. The van der Waals surface area contributed by atoms with Crippen molar-refractivity contribution in [3.63, 3.8) is 0 Å². The van der Waals surface area contributed by atoms with E-state index in [1.54, 1.807) is 45.9 Å². The van der Waals surface area contributed by atoms with Gasteiger partial charge in [0, 0.05) is 23.9 Å². The van der Waals surface area contributed by atoms with E-state index in [1.807, 2.05) is 0 Å². The van der Waals surface area contributed by atoms with Gasteiger partial charge >= 0.3 is 17.9 Å². The van der Waals surface area contributed by atoms with E-state index >= 15 is 0 Å². The molecule has 1 aromatic carbocycles. The molecule has 1 fully saturated rings. The maximum absolute atomic E-state index is 14.6. The number of benzene rings is 1. The highest BCUT2D eigenvalue weighted by molar-refractivity contribution is 6.39. The fourth-order valence-electron chi connectivity index (χ4n) is 3.85. The number of rotatable bonds is 3. The molecule has 0 aliphatic carbocycles. The summed E-state index contributed by atoms with van der Waals surface area (Å²) in [6.07, 6.45) is -0.0425. The Morgan fingerprint density at radius 2 is 1.89 bits per heavy atom. The minimum absolute atomic E-state index is 0.204. The molecule has 1 aromatic heterocycles. The van der Waals surface area contributed by atoms with E-state index in [-0.39, 0.29) is 18.1 Å². The second kappa shape index (κ2) is 10.4. The average molecular weight is 523 g/mol. The van der Waals surface area contributed by atoms with Gasteiger partial charge in [0.25, 0.3) is 5.92 Å².